The van der Waals surface area contributed by atoms with E-state index in [1.807, 2.05) is 0 Å². The highest BCUT2D eigenvalue weighted by Crippen LogP contribution is 2.38. The number of hydrogen-bond acceptors (Lipinski definition) is 5. The number of primary amides is 1. The van der Waals surface area contributed by atoms with Gasteiger partial charge in [-0.15, -0.1) is 11.3 Å². The van der Waals surface area contributed by atoms with Gasteiger partial charge >= 0.3 is 5.97 Å². The average Bonchev–Trinajstić information content (AvgIpc) is 2.75. The Kier molecular flexibility index (Phi) is 4.62. The molecule has 0 saturated carbocycles. The number of nitrogens with one attached hydrogen (secondary N) is 1. The molecule has 0 aromatic carbocycles. The van der Waals surface area contributed by atoms with Gasteiger partial charge in [0.15, 0.2) is 6.10 Å². The first-order chi connectivity index (χ1) is 9.90. The molecule has 21 heavy (non-hydrogen) atoms. The average molecular weight is 310 g/mol. The Balaban J connectivity index is 2.35. The van der Waals surface area contributed by atoms with Gasteiger partial charge in [0.2, 0.25) is 5.91 Å². The standard InChI is InChI=1S/C14H18N2O4S/c1-7(12(15)18)20-14(19)11-9-5-3-4-6-10(9)21-13(11)16-8(2)17/h7H,3-6H2,1-2H3,(H2,15,18)(H,16,17)/t7-/m0/s1. The largest absolute Gasteiger partial charge is 0.449 e. The number of rotatable bonds is 4. The summed E-state index contributed by atoms with van der Waals surface area (Å²) in [4.78, 5) is 35.8. The minimum atomic E-state index is -0.998. The third-order valence-electron chi connectivity index (χ3n) is 3.35. The van der Waals surface area contributed by atoms with Crippen molar-refractivity contribution in [2.24, 2.45) is 5.73 Å². The lowest BCUT2D eigenvalue weighted by Gasteiger charge is -2.14. The smallest absolute Gasteiger partial charge is 0.342 e. The van der Waals surface area contributed by atoms with E-state index in [9.17, 15) is 14.4 Å². The number of nitrogens with two attached hydrogens (primary N) is 1. The maximum Gasteiger partial charge on any atom is 0.342 e. The highest BCUT2D eigenvalue weighted by Gasteiger charge is 2.28. The van der Waals surface area contributed by atoms with Crippen LogP contribution in [0, 0.1) is 0 Å². The van der Waals surface area contributed by atoms with E-state index in [1.54, 1.807) is 0 Å². The van der Waals surface area contributed by atoms with Crippen LogP contribution in [-0.2, 0) is 27.2 Å². The summed E-state index contributed by atoms with van der Waals surface area (Å²) in [6.45, 7) is 2.82. The van der Waals surface area contributed by atoms with Crippen LogP contribution in [-0.4, -0.2) is 23.9 Å². The Labute approximate surface area is 126 Å². The van der Waals surface area contributed by atoms with Crippen LogP contribution in [0.15, 0.2) is 0 Å². The summed E-state index contributed by atoms with van der Waals surface area (Å²) in [5, 5.41) is 3.17. The van der Waals surface area contributed by atoms with Crippen LogP contribution >= 0.6 is 11.3 Å². The van der Waals surface area contributed by atoms with Crippen LogP contribution in [0.4, 0.5) is 5.00 Å². The van der Waals surface area contributed by atoms with Gasteiger partial charge in [-0.2, -0.15) is 0 Å². The molecule has 3 N–H and O–H groups in total. The summed E-state index contributed by atoms with van der Waals surface area (Å²) in [5.41, 5.74) is 6.41. The molecule has 114 valence electrons. The topological polar surface area (TPSA) is 98.5 Å². The Morgan fingerprint density at radius 2 is 1.95 bits per heavy atom. The summed E-state index contributed by atoms with van der Waals surface area (Å²) in [5.74, 6) is -1.55. The minimum Gasteiger partial charge on any atom is -0.449 e. The fraction of sp³-hybridized carbons (Fsp3) is 0.500. The number of fused-ring (bicyclic) bond motifs is 1. The Morgan fingerprint density at radius 1 is 1.29 bits per heavy atom. The van der Waals surface area contributed by atoms with Crippen molar-refractivity contribution in [2.45, 2.75) is 45.6 Å². The molecule has 0 saturated heterocycles. The van der Waals surface area contributed by atoms with Gasteiger partial charge in [0, 0.05) is 11.8 Å². The molecular weight excluding hydrogens is 292 g/mol. The van der Waals surface area contributed by atoms with E-state index in [4.69, 9.17) is 10.5 Å². The molecule has 1 aliphatic carbocycles. The predicted molar refractivity (Wildman–Crippen MR) is 79.3 cm³/mol. The number of carbonyl (C=O) groups excluding carboxylic acids is 3. The zero-order valence-corrected chi connectivity index (χ0v) is 12.8. The normalized spacial score (nSPS) is 15.0. The van der Waals surface area contributed by atoms with Gasteiger partial charge in [-0.1, -0.05) is 0 Å². The summed E-state index contributed by atoms with van der Waals surface area (Å²) in [7, 11) is 0. The van der Waals surface area contributed by atoms with E-state index < -0.39 is 18.0 Å². The van der Waals surface area contributed by atoms with E-state index in [2.05, 4.69) is 5.32 Å². The summed E-state index contributed by atoms with van der Waals surface area (Å²) < 4.78 is 5.09. The molecule has 1 aromatic heterocycles. The highest BCUT2D eigenvalue weighted by molar-refractivity contribution is 7.17. The van der Waals surface area contributed by atoms with Gasteiger partial charge in [-0.05, 0) is 38.2 Å². The van der Waals surface area contributed by atoms with Gasteiger partial charge in [0.1, 0.15) is 5.00 Å². The Morgan fingerprint density at radius 3 is 2.57 bits per heavy atom. The number of aryl methyl sites for hydroxylation is 1. The highest BCUT2D eigenvalue weighted by atomic mass is 32.1. The number of anilines is 1. The molecule has 1 heterocycles. The monoisotopic (exact) mass is 310 g/mol. The maximum absolute atomic E-state index is 12.3. The van der Waals surface area contributed by atoms with Crippen LogP contribution in [0.5, 0.6) is 0 Å². The van der Waals surface area contributed by atoms with Crippen molar-refractivity contribution < 1.29 is 19.1 Å². The van der Waals surface area contributed by atoms with E-state index in [0.29, 0.717) is 10.6 Å². The van der Waals surface area contributed by atoms with Gasteiger partial charge in [0.05, 0.1) is 5.56 Å². The zero-order chi connectivity index (χ0) is 15.6. The van der Waals surface area contributed by atoms with Crippen LogP contribution in [0.1, 0.15) is 47.5 Å². The van der Waals surface area contributed by atoms with Crippen LogP contribution in [0.3, 0.4) is 0 Å². The second-order valence-electron chi connectivity index (χ2n) is 5.05. The fourth-order valence-corrected chi connectivity index (χ4v) is 3.63. The van der Waals surface area contributed by atoms with E-state index in [-0.39, 0.29) is 5.91 Å². The number of ether oxygens (including phenoxy) is 1. The molecule has 2 amide bonds. The zero-order valence-electron chi connectivity index (χ0n) is 12.0. The predicted octanol–water partition coefficient (Wildman–Crippen LogP) is 1.62. The molecule has 0 unspecified atom stereocenters. The Hall–Kier alpha value is -1.89. The number of esters is 1. The van der Waals surface area contributed by atoms with Crippen molar-refractivity contribution in [1.82, 2.24) is 0 Å². The van der Waals surface area contributed by atoms with E-state index in [1.165, 1.54) is 25.2 Å². The first-order valence-electron chi connectivity index (χ1n) is 6.82. The molecule has 1 aliphatic rings. The SMILES string of the molecule is CC(=O)Nc1sc2c(c1C(=O)O[C@@H](C)C(N)=O)CCCC2. The molecule has 1 atom stereocenters. The summed E-state index contributed by atoms with van der Waals surface area (Å²) in [6.07, 6.45) is 2.74. The molecule has 6 nitrogen and oxygen atoms in total. The molecule has 0 radical (unpaired) electrons. The molecule has 0 bridgehead atoms. The van der Waals surface area contributed by atoms with Crippen molar-refractivity contribution in [3.05, 3.63) is 16.0 Å². The molecule has 0 aliphatic heterocycles. The van der Waals surface area contributed by atoms with Gasteiger partial charge in [0.25, 0.3) is 5.91 Å². The van der Waals surface area contributed by atoms with Crippen LogP contribution in [0.25, 0.3) is 0 Å². The summed E-state index contributed by atoms with van der Waals surface area (Å²) in [6, 6.07) is 0. The minimum absolute atomic E-state index is 0.245. The van der Waals surface area contributed by atoms with Crippen LogP contribution in [0.2, 0.25) is 0 Å². The molecule has 7 heteroatoms. The van der Waals surface area contributed by atoms with Gasteiger partial charge in [-0.3, -0.25) is 9.59 Å². The van der Waals surface area contributed by atoms with Crippen molar-refractivity contribution in [3.63, 3.8) is 0 Å². The maximum atomic E-state index is 12.3. The van der Waals surface area contributed by atoms with Crippen molar-refractivity contribution in [3.8, 4) is 0 Å². The summed E-state index contributed by atoms with van der Waals surface area (Å²) >= 11 is 1.41. The molecule has 2 rings (SSSR count). The first kappa shape index (κ1) is 15.5. The second kappa shape index (κ2) is 6.26. The van der Waals surface area contributed by atoms with Gasteiger partial charge < -0.3 is 15.8 Å². The second-order valence-corrected chi connectivity index (χ2v) is 6.15. The van der Waals surface area contributed by atoms with Crippen molar-refractivity contribution in [2.75, 3.05) is 5.32 Å². The van der Waals surface area contributed by atoms with E-state index >= 15 is 0 Å². The van der Waals surface area contributed by atoms with Gasteiger partial charge in [-0.25, -0.2) is 4.79 Å². The third-order valence-corrected chi connectivity index (χ3v) is 4.56. The number of thiophene rings is 1. The van der Waals surface area contributed by atoms with Crippen LogP contribution < -0.4 is 11.1 Å². The van der Waals surface area contributed by atoms with E-state index in [0.717, 1.165) is 36.1 Å². The lowest BCUT2D eigenvalue weighted by molar-refractivity contribution is -0.125. The van der Waals surface area contributed by atoms with Crippen molar-refractivity contribution >= 4 is 34.1 Å². The number of amides is 2. The number of carbonyl (C=O) groups is 3. The fourth-order valence-electron chi connectivity index (χ4n) is 2.31. The molecule has 0 fully saturated rings. The Bertz CT molecular complexity index is 594. The third kappa shape index (κ3) is 3.41. The molecule has 0 spiro atoms. The first-order valence-corrected chi connectivity index (χ1v) is 7.64. The quantitative estimate of drug-likeness (QED) is 0.825. The molecule has 1 aromatic rings. The lowest BCUT2D eigenvalue weighted by atomic mass is 9.95. The lowest BCUT2D eigenvalue weighted by Crippen LogP contribution is -2.31. The molecular formula is C14H18N2O4S. The number of hydrogen-bond donors (Lipinski definition) is 2. The van der Waals surface area contributed by atoms with Crippen molar-refractivity contribution in [1.29, 1.82) is 0 Å².